The molecule has 3 aliphatic carbocycles. The Labute approximate surface area is 91.4 Å². The minimum Gasteiger partial charge on any atom is -0.313 e. The average Bonchev–Trinajstić information content (AvgIpc) is 2.60. The minimum atomic E-state index is 0.943. The van der Waals surface area contributed by atoms with E-state index in [1.807, 2.05) is 0 Å². The third-order valence-electron chi connectivity index (χ3n) is 4.57. The van der Waals surface area contributed by atoms with Gasteiger partial charge < -0.3 is 5.32 Å². The molecule has 1 nitrogen and oxygen atoms in total. The minimum absolute atomic E-state index is 0.943. The van der Waals surface area contributed by atoms with Crippen LogP contribution < -0.4 is 5.32 Å². The molecule has 0 saturated heterocycles. The van der Waals surface area contributed by atoms with E-state index >= 15 is 0 Å². The van der Waals surface area contributed by atoms with Gasteiger partial charge in [0, 0.05) is 18.3 Å². The van der Waals surface area contributed by atoms with Crippen molar-refractivity contribution in [3.05, 3.63) is 0 Å². The zero-order chi connectivity index (χ0) is 9.54. The number of hydrogen-bond donors (Lipinski definition) is 1. The van der Waals surface area contributed by atoms with E-state index in [0.29, 0.717) is 0 Å². The van der Waals surface area contributed by atoms with Gasteiger partial charge in [-0.25, -0.2) is 0 Å². The van der Waals surface area contributed by atoms with Crippen molar-refractivity contribution in [2.75, 3.05) is 18.1 Å². The van der Waals surface area contributed by atoms with Gasteiger partial charge in [-0.1, -0.05) is 6.92 Å². The van der Waals surface area contributed by atoms with Crippen molar-refractivity contribution in [3.63, 3.8) is 0 Å². The summed E-state index contributed by atoms with van der Waals surface area (Å²) in [6.45, 7) is 3.49. The van der Waals surface area contributed by atoms with Gasteiger partial charge in [-0.2, -0.15) is 11.8 Å². The largest absolute Gasteiger partial charge is 0.313 e. The molecule has 0 aliphatic heterocycles. The normalized spacial score (nSPS) is 48.2. The number of thioether (sulfide) groups is 1. The Bertz CT molecular complexity index is 202. The quantitative estimate of drug-likeness (QED) is 0.701. The maximum absolute atomic E-state index is 3.77. The molecule has 80 valence electrons. The molecule has 4 unspecified atom stereocenters. The van der Waals surface area contributed by atoms with Crippen molar-refractivity contribution in [1.82, 2.24) is 5.32 Å². The summed E-state index contributed by atoms with van der Waals surface area (Å²) in [6.07, 6.45) is 4.68. The molecule has 3 saturated carbocycles. The molecule has 2 heteroatoms. The molecule has 2 bridgehead atoms. The SMILES string of the molecule is CCSCCNC1C2C3CCC(C3)C12. The third kappa shape index (κ3) is 1.42. The summed E-state index contributed by atoms with van der Waals surface area (Å²) in [5.74, 6) is 7.05. The Morgan fingerprint density at radius 3 is 2.57 bits per heavy atom. The lowest BCUT2D eigenvalue weighted by Crippen LogP contribution is -2.25. The fraction of sp³-hybridized carbons (Fsp3) is 1.00. The van der Waals surface area contributed by atoms with Crippen LogP contribution in [-0.4, -0.2) is 24.1 Å². The maximum Gasteiger partial charge on any atom is 0.0136 e. The highest BCUT2D eigenvalue weighted by molar-refractivity contribution is 7.99. The fourth-order valence-electron chi connectivity index (χ4n) is 4.04. The van der Waals surface area contributed by atoms with Crippen LogP contribution in [0.15, 0.2) is 0 Å². The Morgan fingerprint density at radius 1 is 1.21 bits per heavy atom. The van der Waals surface area contributed by atoms with Crippen LogP contribution in [0.4, 0.5) is 0 Å². The molecule has 0 heterocycles. The second-order valence-corrected chi connectivity index (χ2v) is 6.56. The molecular formula is C12H21NS. The van der Waals surface area contributed by atoms with Crippen LogP contribution >= 0.6 is 11.8 Å². The molecule has 0 aromatic carbocycles. The van der Waals surface area contributed by atoms with Crippen LogP contribution in [0.5, 0.6) is 0 Å². The summed E-state index contributed by atoms with van der Waals surface area (Å²) in [7, 11) is 0. The zero-order valence-electron chi connectivity index (χ0n) is 9.04. The molecule has 0 radical (unpaired) electrons. The molecule has 4 atom stereocenters. The van der Waals surface area contributed by atoms with Crippen LogP contribution in [0.3, 0.4) is 0 Å². The van der Waals surface area contributed by atoms with Gasteiger partial charge in [0.25, 0.3) is 0 Å². The standard InChI is InChI=1S/C12H21NS/c1-2-14-6-5-13-12-10-8-3-4-9(7-8)11(10)12/h8-13H,2-7H2,1H3. The second kappa shape index (κ2) is 3.71. The van der Waals surface area contributed by atoms with Crippen molar-refractivity contribution >= 4 is 11.8 Å². The highest BCUT2D eigenvalue weighted by Crippen LogP contribution is 2.65. The van der Waals surface area contributed by atoms with Gasteiger partial charge in [0.15, 0.2) is 0 Å². The number of hydrogen-bond acceptors (Lipinski definition) is 2. The Morgan fingerprint density at radius 2 is 1.93 bits per heavy atom. The van der Waals surface area contributed by atoms with E-state index in [0.717, 1.165) is 29.7 Å². The summed E-state index contributed by atoms with van der Waals surface area (Å²) in [5, 5.41) is 3.77. The molecule has 0 amide bonds. The first-order valence-electron chi connectivity index (χ1n) is 6.23. The van der Waals surface area contributed by atoms with E-state index in [1.165, 1.54) is 18.1 Å². The Balaban J connectivity index is 1.41. The van der Waals surface area contributed by atoms with Crippen LogP contribution in [-0.2, 0) is 0 Å². The lowest BCUT2D eigenvalue weighted by atomic mass is 10.0. The number of rotatable bonds is 5. The molecular weight excluding hydrogens is 190 g/mol. The highest BCUT2D eigenvalue weighted by atomic mass is 32.2. The van der Waals surface area contributed by atoms with Crippen LogP contribution in [0.25, 0.3) is 0 Å². The van der Waals surface area contributed by atoms with Crippen molar-refractivity contribution in [2.45, 2.75) is 32.2 Å². The highest BCUT2D eigenvalue weighted by Gasteiger charge is 2.64. The van der Waals surface area contributed by atoms with E-state index in [2.05, 4.69) is 24.0 Å². The van der Waals surface area contributed by atoms with Gasteiger partial charge in [0.2, 0.25) is 0 Å². The fourth-order valence-corrected chi connectivity index (χ4v) is 4.59. The summed E-state index contributed by atoms with van der Waals surface area (Å²) >= 11 is 2.06. The maximum atomic E-state index is 3.77. The molecule has 1 N–H and O–H groups in total. The Hall–Kier alpha value is 0.310. The third-order valence-corrected chi connectivity index (χ3v) is 5.47. The lowest BCUT2D eigenvalue weighted by molar-refractivity contribution is 0.456. The summed E-state index contributed by atoms with van der Waals surface area (Å²) in [4.78, 5) is 0. The van der Waals surface area contributed by atoms with Gasteiger partial charge in [0.1, 0.15) is 0 Å². The molecule has 3 fully saturated rings. The Kier molecular flexibility index (Phi) is 2.53. The summed E-state index contributed by atoms with van der Waals surface area (Å²) in [6, 6.07) is 0.943. The first-order chi connectivity index (χ1) is 6.92. The van der Waals surface area contributed by atoms with E-state index in [-0.39, 0.29) is 0 Å². The summed E-state index contributed by atoms with van der Waals surface area (Å²) < 4.78 is 0. The second-order valence-electron chi connectivity index (χ2n) is 5.16. The number of nitrogens with one attached hydrogen (secondary N) is 1. The molecule has 14 heavy (non-hydrogen) atoms. The van der Waals surface area contributed by atoms with Crippen LogP contribution in [0.1, 0.15) is 26.2 Å². The van der Waals surface area contributed by atoms with Crippen LogP contribution in [0, 0.1) is 23.7 Å². The predicted octanol–water partition coefficient (Wildman–Crippen LogP) is 2.37. The molecule has 3 rings (SSSR count). The molecule has 0 aromatic heterocycles. The number of fused-ring (bicyclic) bond motifs is 5. The summed E-state index contributed by atoms with van der Waals surface area (Å²) in [5.41, 5.74) is 0. The first-order valence-corrected chi connectivity index (χ1v) is 7.38. The van der Waals surface area contributed by atoms with E-state index in [1.54, 1.807) is 19.3 Å². The topological polar surface area (TPSA) is 12.0 Å². The van der Waals surface area contributed by atoms with E-state index in [9.17, 15) is 0 Å². The molecule has 0 aromatic rings. The van der Waals surface area contributed by atoms with Crippen molar-refractivity contribution in [2.24, 2.45) is 23.7 Å². The van der Waals surface area contributed by atoms with Gasteiger partial charge in [-0.3, -0.25) is 0 Å². The van der Waals surface area contributed by atoms with E-state index < -0.39 is 0 Å². The van der Waals surface area contributed by atoms with Gasteiger partial charge >= 0.3 is 0 Å². The molecule has 3 aliphatic rings. The van der Waals surface area contributed by atoms with E-state index in [4.69, 9.17) is 0 Å². The van der Waals surface area contributed by atoms with Crippen molar-refractivity contribution in [3.8, 4) is 0 Å². The van der Waals surface area contributed by atoms with Crippen LogP contribution in [0.2, 0.25) is 0 Å². The lowest BCUT2D eigenvalue weighted by Gasteiger charge is -2.09. The average molecular weight is 211 g/mol. The van der Waals surface area contributed by atoms with Gasteiger partial charge in [0.05, 0.1) is 0 Å². The monoisotopic (exact) mass is 211 g/mol. The zero-order valence-corrected chi connectivity index (χ0v) is 9.85. The predicted molar refractivity (Wildman–Crippen MR) is 62.6 cm³/mol. The van der Waals surface area contributed by atoms with Crippen molar-refractivity contribution in [1.29, 1.82) is 0 Å². The molecule has 0 spiro atoms. The van der Waals surface area contributed by atoms with Gasteiger partial charge in [-0.15, -0.1) is 0 Å². The van der Waals surface area contributed by atoms with Crippen molar-refractivity contribution < 1.29 is 0 Å². The smallest absolute Gasteiger partial charge is 0.0136 e. The van der Waals surface area contributed by atoms with Gasteiger partial charge in [-0.05, 0) is 48.7 Å². The first kappa shape index (κ1) is 9.53.